The third kappa shape index (κ3) is 3.38. The number of benzene rings is 2. The van der Waals surface area contributed by atoms with Gasteiger partial charge in [0.1, 0.15) is 5.82 Å². The molecule has 0 aliphatic heterocycles. The molecular weight excluding hydrogens is 349 g/mol. The Balaban J connectivity index is 2.18. The molecule has 0 N–H and O–H groups in total. The zero-order chi connectivity index (χ0) is 18.2. The van der Waals surface area contributed by atoms with E-state index >= 15 is 0 Å². The van der Waals surface area contributed by atoms with Crippen LogP contribution in [0.3, 0.4) is 0 Å². The van der Waals surface area contributed by atoms with Crippen LogP contribution in [0.15, 0.2) is 36.4 Å². The van der Waals surface area contributed by atoms with Crippen molar-refractivity contribution in [2.45, 2.75) is 32.9 Å². The Hall–Kier alpha value is -2.01. The number of aryl methyl sites for hydroxylation is 1. The number of halogens is 4. The Morgan fingerprint density at radius 3 is 2.40 bits per heavy atom. The SMILES string of the molecule is C[CH]Cc1ccc(-n2c(CC)nc3cc(C(F)(F)F)c(Cl)cc32)cc1. The standard InChI is InChI=1S/C19H17ClF3N2/c1-3-5-12-6-8-13(9-7-12)25-17-11-15(20)14(19(21,22)23)10-16(17)24-18(25)4-2/h3,6-11H,4-5H2,1-2H3. The van der Waals surface area contributed by atoms with E-state index in [1.807, 2.05) is 42.7 Å². The summed E-state index contributed by atoms with van der Waals surface area (Å²) in [4.78, 5) is 4.38. The molecule has 0 bridgehead atoms. The van der Waals surface area contributed by atoms with Gasteiger partial charge in [0, 0.05) is 12.1 Å². The third-order valence-corrected chi connectivity index (χ3v) is 4.38. The lowest BCUT2D eigenvalue weighted by atomic mass is 10.1. The molecule has 1 radical (unpaired) electrons. The number of imidazole rings is 1. The minimum absolute atomic E-state index is 0.291. The fourth-order valence-corrected chi connectivity index (χ4v) is 3.17. The zero-order valence-corrected chi connectivity index (χ0v) is 14.6. The van der Waals surface area contributed by atoms with E-state index in [1.165, 1.54) is 11.6 Å². The maximum Gasteiger partial charge on any atom is 0.417 e. The summed E-state index contributed by atoms with van der Waals surface area (Å²) in [5, 5.41) is -0.319. The van der Waals surface area contributed by atoms with Crippen molar-refractivity contribution < 1.29 is 13.2 Å². The Bertz CT molecular complexity index is 896. The lowest BCUT2D eigenvalue weighted by molar-refractivity contribution is -0.137. The lowest BCUT2D eigenvalue weighted by Gasteiger charge is -2.11. The summed E-state index contributed by atoms with van der Waals surface area (Å²) in [6, 6.07) is 10.3. The second-order valence-electron chi connectivity index (χ2n) is 5.81. The predicted octanol–water partition coefficient (Wildman–Crippen LogP) is 6.03. The molecule has 0 amide bonds. The summed E-state index contributed by atoms with van der Waals surface area (Å²) in [6.45, 7) is 3.91. The van der Waals surface area contributed by atoms with Crippen molar-refractivity contribution in [1.29, 1.82) is 0 Å². The minimum atomic E-state index is -4.50. The molecule has 6 heteroatoms. The fourth-order valence-electron chi connectivity index (χ4n) is 2.91. The molecule has 1 aromatic heterocycles. The normalized spacial score (nSPS) is 12.1. The molecule has 2 aromatic carbocycles. The van der Waals surface area contributed by atoms with Crippen molar-refractivity contribution in [2.24, 2.45) is 0 Å². The van der Waals surface area contributed by atoms with Crippen LogP contribution < -0.4 is 0 Å². The number of rotatable bonds is 4. The maximum absolute atomic E-state index is 13.1. The second-order valence-corrected chi connectivity index (χ2v) is 6.22. The van der Waals surface area contributed by atoms with Gasteiger partial charge >= 0.3 is 6.18 Å². The van der Waals surface area contributed by atoms with E-state index < -0.39 is 11.7 Å². The molecule has 0 spiro atoms. The monoisotopic (exact) mass is 365 g/mol. The van der Waals surface area contributed by atoms with Gasteiger partial charge < -0.3 is 0 Å². The average molecular weight is 366 g/mol. The molecule has 0 saturated carbocycles. The summed E-state index contributed by atoms with van der Waals surface area (Å²) in [6.07, 6.45) is -0.970. The highest BCUT2D eigenvalue weighted by Crippen LogP contribution is 2.37. The summed E-state index contributed by atoms with van der Waals surface area (Å²) < 4.78 is 41.1. The van der Waals surface area contributed by atoms with Crippen molar-refractivity contribution >= 4 is 22.6 Å². The second kappa shape index (κ2) is 6.71. The van der Waals surface area contributed by atoms with Gasteiger partial charge in [0.25, 0.3) is 0 Å². The smallest absolute Gasteiger partial charge is 0.296 e. The fraction of sp³-hybridized carbons (Fsp3) is 0.263. The molecule has 0 unspecified atom stereocenters. The van der Waals surface area contributed by atoms with Crippen LogP contribution in [0.5, 0.6) is 0 Å². The van der Waals surface area contributed by atoms with Crippen LogP contribution in [-0.4, -0.2) is 9.55 Å². The van der Waals surface area contributed by atoms with E-state index in [4.69, 9.17) is 11.6 Å². The number of fused-ring (bicyclic) bond motifs is 1. The molecule has 3 rings (SSSR count). The van der Waals surface area contributed by atoms with Crippen LogP contribution in [0.4, 0.5) is 13.2 Å². The van der Waals surface area contributed by atoms with Gasteiger partial charge in [0.15, 0.2) is 0 Å². The first-order chi connectivity index (χ1) is 11.8. The largest absolute Gasteiger partial charge is 0.417 e. The molecule has 3 aromatic rings. The van der Waals surface area contributed by atoms with Crippen LogP contribution in [0.1, 0.15) is 30.8 Å². The van der Waals surface area contributed by atoms with E-state index in [9.17, 15) is 13.2 Å². The number of nitrogens with zero attached hydrogens (tertiary/aromatic N) is 2. The molecular formula is C19H17ClF3N2. The van der Waals surface area contributed by atoms with Crippen molar-refractivity contribution in [3.63, 3.8) is 0 Å². The Morgan fingerprint density at radius 2 is 1.84 bits per heavy atom. The number of aromatic nitrogens is 2. The van der Waals surface area contributed by atoms with Gasteiger partial charge in [-0.1, -0.05) is 37.6 Å². The van der Waals surface area contributed by atoms with Crippen LogP contribution in [0, 0.1) is 6.42 Å². The minimum Gasteiger partial charge on any atom is -0.296 e. The van der Waals surface area contributed by atoms with E-state index in [0.29, 0.717) is 23.3 Å². The highest BCUT2D eigenvalue weighted by Gasteiger charge is 2.34. The van der Waals surface area contributed by atoms with Gasteiger partial charge in [0.05, 0.1) is 21.6 Å². The van der Waals surface area contributed by atoms with Crippen molar-refractivity contribution in [1.82, 2.24) is 9.55 Å². The van der Waals surface area contributed by atoms with Crippen LogP contribution >= 0.6 is 11.6 Å². The number of alkyl halides is 3. The van der Waals surface area contributed by atoms with E-state index in [2.05, 4.69) is 11.4 Å². The molecule has 2 nitrogen and oxygen atoms in total. The molecule has 0 atom stereocenters. The van der Waals surface area contributed by atoms with Gasteiger partial charge in [-0.3, -0.25) is 4.57 Å². The first-order valence-corrected chi connectivity index (χ1v) is 8.38. The molecule has 0 aliphatic rings. The number of hydrogen-bond acceptors (Lipinski definition) is 1. The van der Waals surface area contributed by atoms with Crippen molar-refractivity contribution in [3.8, 4) is 5.69 Å². The first kappa shape index (κ1) is 17.8. The Kier molecular flexibility index (Phi) is 4.78. The number of hydrogen-bond donors (Lipinski definition) is 0. The quantitative estimate of drug-likeness (QED) is 0.552. The maximum atomic E-state index is 13.1. The molecule has 0 saturated heterocycles. The molecule has 131 valence electrons. The van der Waals surface area contributed by atoms with Gasteiger partial charge in [-0.15, -0.1) is 0 Å². The molecule has 25 heavy (non-hydrogen) atoms. The summed E-state index contributed by atoms with van der Waals surface area (Å²) in [5.74, 6) is 0.695. The first-order valence-electron chi connectivity index (χ1n) is 8.00. The molecule has 1 heterocycles. The highest BCUT2D eigenvalue weighted by molar-refractivity contribution is 6.32. The molecule has 0 aliphatic carbocycles. The summed E-state index contributed by atoms with van der Waals surface area (Å²) in [7, 11) is 0. The van der Waals surface area contributed by atoms with Gasteiger partial charge in [-0.05, 0) is 42.7 Å². The summed E-state index contributed by atoms with van der Waals surface area (Å²) in [5.41, 5.74) is 2.04. The lowest BCUT2D eigenvalue weighted by Crippen LogP contribution is -2.06. The van der Waals surface area contributed by atoms with E-state index in [0.717, 1.165) is 18.2 Å². The average Bonchev–Trinajstić information content (AvgIpc) is 2.92. The van der Waals surface area contributed by atoms with Crippen LogP contribution in [0.2, 0.25) is 5.02 Å². The topological polar surface area (TPSA) is 17.8 Å². The van der Waals surface area contributed by atoms with E-state index in [-0.39, 0.29) is 5.02 Å². The summed E-state index contributed by atoms with van der Waals surface area (Å²) >= 11 is 5.90. The Labute approximate surface area is 149 Å². The third-order valence-electron chi connectivity index (χ3n) is 4.07. The predicted molar refractivity (Wildman–Crippen MR) is 94.1 cm³/mol. The van der Waals surface area contributed by atoms with Gasteiger partial charge in [-0.2, -0.15) is 13.2 Å². The van der Waals surface area contributed by atoms with Gasteiger partial charge in [-0.25, -0.2) is 4.98 Å². The van der Waals surface area contributed by atoms with Gasteiger partial charge in [0.2, 0.25) is 0 Å². The highest BCUT2D eigenvalue weighted by atomic mass is 35.5. The van der Waals surface area contributed by atoms with Crippen molar-refractivity contribution in [2.75, 3.05) is 0 Å². The van der Waals surface area contributed by atoms with Crippen molar-refractivity contribution in [3.05, 3.63) is 64.8 Å². The molecule has 0 fully saturated rings. The van der Waals surface area contributed by atoms with Crippen LogP contribution in [-0.2, 0) is 19.0 Å². The zero-order valence-electron chi connectivity index (χ0n) is 13.9. The van der Waals surface area contributed by atoms with Crippen LogP contribution in [0.25, 0.3) is 16.7 Å². The Morgan fingerprint density at radius 1 is 1.16 bits per heavy atom. The van der Waals surface area contributed by atoms with E-state index in [1.54, 1.807) is 0 Å².